The molecule has 120 valence electrons. The Hall–Kier alpha value is -2.78. The maximum Gasteiger partial charge on any atom is 0.299 e. The number of rotatable bonds is 4. The van der Waals surface area contributed by atoms with Crippen LogP contribution >= 0.6 is 0 Å². The minimum atomic E-state index is -3.97. The van der Waals surface area contributed by atoms with E-state index in [1.165, 1.54) is 43.5 Å². The van der Waals surface area contributed by atoms with Gasteiger partial charge in [0.2, 0.25) is 5.91 Å². The van der Waals surface area contributed by atoms with Crippen molar-refractivity contribution in [2.75, 3.05) is 5.32 Å². The van der Waals surface area contributed by atoms with E-state index in [4.69, 9.17) is 0 Å². The SMILES string of the molecule is CC(=O)Nc1ccc(S(=O)(=O)N=N/C=C2\C=CC=CN2O)cc1. The van der Waals surface area contributed by atoms with Gasteiger partial charge in [0.15, 0.2) is 0 Å². The predicted octanol–water partition coefficient (Wildman–Crippen LogP) is 2.40. The van der Waals surface area contributed by atoms with Crippen molar-refractivity contribution in [3.63, 3.8) is 0 Å². The standard InChI is InChI=1S/C14H14N4O4S/c1-11(19)16-12-5-7-14(8-6-12)23(21,22)17-15-10-13-4-2-3-9-18(13)20/h2-10,20H,1H3,(H,16,19)/b13-10+,17-15?. The first kappa shape index (κ1) is 16.6. The number of carbonyl (C=O) groups is 1. The van der Waals surface area contributed by atoms with Gasteiger partial charge in [0.05, 0.1) is 16.8 Å². The predicted molar refractivity (Wildman–Crippen MR) is 82.8 cm³/mol. The van der Waals surface area contributed by atoms with Gasteiger partial charge in [0, 0.05) is 18.8 Å². The quantitative estimate of drug-likeness (QED) is 0.821. The van der Waals surface area contributed by atoms with Gasteiger partial charge in [-0.3, -0.25) is 10.0 Å². The van der Waals surface area contributed by atoms with E-state index in [2.05, 4.69) is 15.0 Å². The second kappa shape index (κ2) is 6.99. The van der Waals surface area contributed by atoms with E-state index in [0.29, 0.717) is 5.69 Å². The third-order valence-electron chi connectivity index (χ3n) is 2.69. The minimum Gasteiger partial charge on any atom is -0.326 e. The zero-order valence-corrected chi connectivity index (χ0v) is 12.9. The van der Waals surface area contributed by atoms with Crippen molar-refractivity contribution in [1.82, 2.24) is 5.06 Å². The van der Waals surface area contributed by atoms with Crippen LogP contribution in [0.4, 0.5) is 5.69 Å². The third kappa shape index (κ3) is 4.59. The summed E-state index contributed by atoms with van der Waals surface area (Å²) >= 11 is 0. The lowest BCUT2D eigenvalue weighted by molar-refractivity contribution is -0.114. The minimum absolute atomic E-state index is 0.0614. The van der Waals surface area contributed by atoms with E-state index in [1.54, 1.807) is 12.2 Å². The van der Waals surface area contributed by atoms with Crippen LogP contribution in [0.15, 0.2) is 75.1 Å². The highest BCUT2D eigenvalue weighted by molar-refractivity contribution is 7.90. The molecule has 0 saturated heterocycles. The number of anilines is 1. The highest BCUT2D eigenvalue weighted by Gasteiger charge is 2.12. The number of sulfonamides is 1. The number of hydrogen-bond acceptors (Lipinski definition) is 6. The summed E-state index contributed by atoms with van der Waals surface area (Å²) < 4.78 is 27.3. The van der Waals surface area contributed by atoms with E-state index >= 15 is 0 Å². The molecule has 0 unspecified atom stereocenters. The summed E-state index contributed by atoms with van der Waals surface area (Å²) in [6.07, 6.45) is 7.28. The van der Waals surface area contributed by atoms with Crippen LogP contribution in [0.1, 0.15) is 6.92 Å². The smallest absolute Gasteiger partial charge is 0.299 e. The molecule has 9 heteroatoms. The number of carbonyl (C=O) groups excluding carboxylic acids is 1. The molecular weight excluding hydrogens is 320 g/mol. The summed E-state index contributed by atoms with van der Waals surface area (Å²) in [5.74, 6) is -0.255. The number of hydroxylamine groups is 2. The Kier molecular flexibility index (Phi) is 5.04. The first-order chi connectivity index (χ1) is 10.9. The zero-order valence-electron chi connectivity index (χ0n) is 12.1. The van der Waals surface area contributed by atoms with Gasteiger partial charge in [-0.15, -0.1) is 5.11 Å². The normalized spacial score (nSPS) is 16.3. The van der Waals surface area contributed by atoms with Gasteiger partial charge in [-0.2, -0.15) is 8.42 Å². The van der Waals surface area contributed by atoms with Crippen LogP contribution in [0.5, 0.6) is 0 Å². The summed E-state index contributed by atoms with van der Waals surface area (Å²) in [4.78, 5) is 10.8. The average Bonchev–Trinajstić information content (AvgIpc) is 2.49. The number of nitrogens with zero attached hydrogens (tertiary/aromatic N) is 3. The fourth-order valence-corrected chi connectivity index (χ4v) is 2.40. The largest absolute Gasteiger partial charge is 0.326 e. The second-order valence-electron chi connectivity index (χ2n) is 4.48. The van der Waals surface area contributed by atoms with Crippen molar-refractivity contribution in [2.45, 2.75) is 11.8 Å². The molecule has 0 fully saturated rings. The molecule has 0 radical (unpaired) electrons. The number of hydrogen-bond donors (Lipinski definition) is 2. The molecule has 1 aliphatic rings. The van der Waals surface area contributed by atoms with E-state index < -0.39 is 10.0 Å². The van der Waals surface area contributed by atoms with Gasteiger partial charge in [-0.05, 0) is 36.4 Å². The van der Waals surface area contributed by atoms with Crippen molar-refractivity contribution in [2.24, 2.45) is 9.63 Å². The number of allylic oxidation sites excluding steroid dienone is 3. The Bertz CT molecular complexity index is 808. The number of nitrogens with one attached hydrogen (secondary N) is 1. The van der Waals surface area contributed by atoms with Crippen LogP contribution in [-0.2, 0) is 14.8 Å². The lowest BCUT2D eigenvalue weighted by Crippen LogP contribution is -2.10. The van der Waals surface area contributed by atoms with Crippen molar-refractivity contribution in [3.05, 3.63) is 60.6 Å². The fourth-order valence-electron chi connectivity index (χ4n) is 1.66. The van der Waals surface area contributed by atoms with Crippen LogP contribution in [0, 0.1) is 0 Å². The summed E-state index contributed by atoms with van der Waals surface area (Å²) in [6, 6.07) is 5.53. The molecule has 0 aromatic heterocycles. The molecule has 0 aliphatic carbocycles. The van der Waals surface area contributed by atoms with Crippen LogP contribution in [0.2, 0.25) is 0 Å². The van der Waals surface area contributed by atoms with Crippen molar-refractivity contribution < 1.29 is 18.4 Å². The average molecular weight is 334 g/mol. The fraction of sp³-hybridized carbons (Fsp3) is 0.0714. The summed E-state index contributed by atoms with van der Waals surface area (Å²) in [5.41, 5.74) is 0.748. The first-order valence-corrected chi connectivity index (χ1v) is 7.90. The Labute approximate surface area is 133 Å². The number of benzene rings is 1. The molecule has 0 bridgehead atoms. The lowest BCUT2D eigenvalue weighted by atomic mass is 10.3. The van der Waals surface area contributed by atoms with Crippen LogP contribution < -0.4 is 5.32 Å². The zero-order chi connectivity index (χ0) is 16.9. The van der Waals surface area contributed by atoms with Crippen LogP contribution in [-0.4, -0.2) is 24.6 Å². The molecule has 0 spiro atoms. The Morgan fingerprint density at radius 3 is 2.57 bits per heavy atom. The Morgan fingerprint density at radius 1 is 1.26 bits per heavy atom. The topological polar surface area (TPSA) is 111 Å². The molecular formula is C14H14N4O4S. The molecule has 2 N–H and O–H groups in total. The number of amides is 1. The van der Waals surface area contributed by atoms with Gasteiger partial charge in [0.1, 0.15) is 0 Å². The maximum atomic E-state index is 12.0. The second-order valence-corrected chi connectivity index (χ2v) is 6.06. The van der Waals surface area contributed by atoms with Gasteiger partial charge in [0.25, 0.3) is 10.0 Å². The highest BCUT2D eigenvalue weighted by Crippen LogP contribution is 2.17. The molecule has 23 heavy (non-hydrogen) atoms. The molecule has 0 atom stereocenters. The molecule has 1 aromatic carbocycles. The molecule has 2 rings (SSSR count). The summed E-state index contributed by atoms with van der Waals surface area (Å²) in [5, 5.41) is 16.3. The van der Waals surface area contributed by atoms with Gasteiger partial charge >= 0.3 is 0 Å². The Morgan fingerprint density at radius 2 is 1.96 bits per heavy atom. The molecule has 0 saturated carbocycles. The van der Waals surface area contributed by atoms with Crippen molar-refractivity contribution >= 4 is 21.6 Å². The highest BCUT2D eigenvalue weighted by atomic mass is 32.2. The molecule has 8 nitrogen and oxygen atoms in total. The lowest BCUT2D eigenvalue weighted by Gasteiger charge is -2.13. The van der Waals surface area contributed by atoms with Crippen molar-refractivity contribution in [3.8, 4) is 0 Å². The van der Waals surface area contributed by atoms with E-state index in [-0.39, 0.29) is 16.5 Å². The molecule has 1 aromatic rings. The van der Waals surface area contributed by atoms with Crippen LogP contribution in [0.3, 0.4) is 0 Å². The summed E-state index contributed by atoms with van der Waals surface area (Å²) in [6.45, 7) is 1.35. The van der Waals surface area contributed by atoms with Crippen molar-refractivity contribution in [1.29, 1.82) is 0 Å². The van der Waals surface area contributed by atoms with E-state index in [1.807, 2.05) is 0 Å². The molecule has 1 amide bonds. The third-order valence-corrected chi connectivity index (χ3v) is 3.86. The van der Waals surface area contributed by atoms with Gasteiger partial charge < -0.3 is 5.32 Å². The van der Waals surface area contributed by atoms with E-state index in [0.717, 1.165) is 11.3 Å². The van der Waals surface area contributed by atoms with Crippen LogP contribution in [0.25, 0.3) is 0 Å². The van der Waals surface area contributed by atoms with Gasteiger partial charge in [-0.1, -0.05) is 10.6 Å². The van der Waals surface area contributed by atoms with E-state index in [9.17, 15) is 18.4 Å². The van der Waals surface area contributed by atoms with Gasteiger partial charge in [-0.25, -0.2) is 5.06 Å². The molecule has 1 aliphatic heterocycles. The maximum absolute atomic E-state index is 12.0. The monoisotopic (exact) mass is 334 g/mol. The molecule has 1 heterocycles. The Balaban J connectivity index is 2.14. The summed E-state index contributed by atoms with van der Waals surface area (Å²) in [7, 11) is -3.97. The first-order valence-electron chi connectivity index (χ1n) is 6.46.